The highest BCUT2D eigenvalue weighted by atomic mass is 32.1. The third-order valence-electron chi connectivity index (χ3n) is 5.05. The summed E-state index contributed by atoms with van der Waals surface area (Å²) in [5.41, 5.74) is 1.51. The largest absolute Gasteiger partial charge is 0.354 e. The van der Waals surface area contributed by atoms with E-state index in [2.05, 4.69) is 38.2 Å². The van der Waals surface area contributed by atoms with Crippen molar-refractivity contribution in [1.82, 2.24) is 24.2 Å². The van der Waals surface area contributed by atoms with Crippen molar-refractivity contribution in [2.45, 2.75) is 19.4 Å². The van der Waals surface area contributed by atoms with Gasteiger partial charge in [-0.2, -0.15) is 0 Å². The number of nitrogens with one attached hydrogen (secondary N) is 1. The molecular weight excluding hydrogens is 336 g/mol. The maximum atomic E-state index is 12.7. The van der Waals surface area contributed by atoms with E-state index in [1.807, 2.05) is 22.5 Å². The number of rotatable bonds is 3. The van der Waals surface area contributed by atoms with E-state index in [0.717, 1.165) is 29.8 Å². The normalized spacial score (nSPS) is 20.8. The fraction of sp³-hybridized carbons (Fsp3) is 0.412. The molecule has 0 aliphatic carbocycles. The summed E-state index contributed by atoms with van der Waals surface area (Å²) in [7, 11) is 2.05. The lowest BCUT2D eigenvalue weighted by Crippen LogP contribution is -2.52. The highest BCUT2D eigenvalue weighted by Crippen LogP contribution is 2.29. The number of carbonyl (C=O) groups is 1. The molecule has 0 bridgehead atoms. The van der Waals surface area contributed by atoms with Crippen LogP contribution >= 0.6 is 11.5 Å². The van der Waals surface area contributed by atoms with Gasteiger partial charge in [0.2, 0.25) is 0 Å². The highest BCUT2D eigenvalue weighted by molar-refractivity contribution is 7.03. The maximum absolute atomic E-state index is 12.7. The monoisotopic (exact) mass is 356 g/mol. The Morgan fingerprint density at radius 1 is 1.44 bits per heavy atom. The summed E-state index contributed by atoms with van der Waals surface area (Å²) in [6.45, 7) is 3.70. The summed E-state index contributed by atoms with van der Waals surface area (Å²) in [6.07, 6.45) is 6.08. The number of amides is 1. The first-order valence-corrected chi connectivity index (χ1v) is 9.18. The molecule has 3 aromatic rings. The fourth-order valence-electron chi connectivity index (χ4n) is 3.53. The van der Waals surface area contributed by atoms with E-state index in [0.29, 0.717) is 18.0 Å². The first-order chi connectivity index (χ1) is 12.1. The molecule has 130 valence electrons. The van der Waals surface area contributed by atoms with Gasteiger partial charge in [-0.3, -0.25) is 4.79 Å². The topological polar surface area (TPSA) is 78.0 Å². The Bertz CT molecular complexity index is 876. The van der Waals surface area contributed by atoms with Crippen LogP contribution in [0.2, 0.25) is 0 Å². The number of hydrogen-bond acceptors (Lipinski definition) is 6. The minimum absolute atomic E-state index is 0.0635. The second kappa shape index (κ2) is 6.44. The van der Waals surface area contributed by atoms with Gasteiger partial charge >= 0.3 is 0 Å². The number of carbonyl (C=O) groups excluding carboxylic acids is 1. The van der Waals surface area contributed by atoms with Crippen molar-refractivity contribution in [3.63, 3.8) is 0 Å². The molecule has 0 spiro atoms. The summed E-state index contributed by atoms with van der Waals surface area (Å²) in [4.78, 5) is 28.7. The van der Waals surface area contributed by atoms with Gasteiger partial charge in [-0.05, 0) is 29.9 Å². The van der Waals surface area contributed by atoms with Crippen molar-refractivity contribution in [1.29, 1.82) is 0 Å². The van der Waals surface area contributed by atoms with Crippen LogP contribution in [0.4, 0.5) is 5.82 Å². The van der Waals surface area contributed by atoms with Gasteiger partial charge in [-0.1, -0.05) is 6.92 Å². The molecule has 2 atom stereocenters. The average molecular weight is 356 g/mol. The third kappa shape index (κ3) is 2.86. The van der Waals surface area contributed by atoms with Gasteiger partial charge in [0.1, 0.15) is 17.8 Å². The van der Waals surface area contributed by atoms with E-state index in [-0.39, 0.29) is 11.9 Å². The Balaban J connectivity index is 1.59. The SMILES string of the molecule is CC1CCN(C(=O)c2cnsc2)CC1N(C)c1ncnc2[nH]ccc12. The Labute approximate surface area is 149 Å². The van der Waals surface area contributed by atoms with Crippen molar-refractivity contribution in [3.05, 3.63) is 35.7 Å². The van der Waals surface area contributed by atoms with Crippen LogP contribution in [-0.4, -0.2) is 56.3 Å². The highest BCUT2D eigenvalue weighted by Gasteiger charge is 2.33. The van der Waals surface area contributed by atoms with Crippen LogP contribution in [0, 0.1) is 5.92 Å². The molecule has 4 heterocycles. The van der Waals surface area contributed by atoms with Gasteiger partial charge in [0.15, 0.2) is 0 Å². The minimum Gasteiger partial charge on any atom is -0.354 e. The van der Waals surface area contributed by atoms with E-state index in [1.54, 1.807) is 12.5 Å². The molecule has 1 aliphatic heterocycles. The lowest BCUT2D eigenvalue weighted by molar-refractivity contribution is 0.0670. The molecule has 1 saturated heterocycles. The number of fused-ring (bicyclic) bond motifs is 1. The first-order valence-electron chi connectivity index (χ1n) is 8.34. The predicted molar refractivity (Wildman–Crippen MR) is 97.9 cm³/mol. The lowest BCUT2D eigenvalue weighted by Gasteiger charge is -2.42. The Morgan fingerprint density at radius 2 is 2.32 bits per heavy atom. The molecule has 8 heteroatoms. The summed E-state index contributed by atoms with van der Waals surface area (Å²) >= 11 is 1.31. The first kappa shape index (κ1) is 16.0. The number of aromatic nitrogens is 4. The lowest BCUT2D eigenvalue weighted by atomic mass is 9.92. The van der Waals surface area contributed by atoms with Gasteiger partial charge in [0.25, 0.3) is 5.91 Å². The van der Waals surface area contributed by atoms with Gasteiger partial charge in [0.05, 0.1) is 23.2 Å². The number of likely N-dealkylation sites (N-methyl/N-ethyl adjacent to an activating group) is 1. The molecule has 0 radical (unpaired) electrons. The van der Waals surface area contributed by atoms with Crippen LogP contribution in [0.25, 0.3) is 11.0 Å². The molecule has 3 aromatic heterocycles. The molecular formula is C17H20N6OS. The van der Waals surface area contributed by atoms with Gasteiger partial charge < -0.3 is 14.8 Å². The Hall–Kier alpha value is -2.48. The molecule has 1 fully saturated rings. The molecule has 1 aliphatic rings. The van der Waals surface area contributed by atoms with Crippen molar-refractivity contribution < 1.29 is 4.79 Å². The zero-order valence-corrected chi connectivity index (χ0v) is 15.0. The summed E-state index contributed by atoms with van der Waals surface area (Å²) in [5.74, 6) is 1.43. The molecule has 1 N–H and O–H groups in total. The average Bonchev–Trinajstić information content (AvgIpc) is 3.32. The smallest absolute Gasteiger partial charge is 0.256 e. The number of piperidine rings is 1. The van der Waals surface area contributed by atoms with Crippen molar-refractivity contribution >= 4 is 34.3 Å². The molecule has 2 unspecified atom stereocenters. The van der Waals surface area contributed by atoms with Crippen molar-refractivity contribution in [2.24, 2.45) is 5.92 Å². The van der Waals surface area contributed by atoms with Crippen LogP contribution < -0.4 is 4.90 Å². The number of H-pyrrole nitrogens is 1. The third-order valence-corrected chi connectivity index (χ3v) is 5.64. The quantitative estimate of drug-likeness (QED) is 0.780. The molecule has 7 nitrogen and oxygen atoms in total. The molecule has 25 heavy (non-hydrogen) atoms. The molecule has 0 saturated carbocycles. The zero-order valence-electron chi connectivity index (χ0n) is 14.2. The Morgan fingerprint density at radius 3 is 3.12 bits per heavy atom. The second-order valence-electron chi connectivity index (χ2n) is 6.55. The van der Waals surface area contributed by atoms with E-state index < -0.39 is 0 Å². The van der Waals surface area contributed by atoms with Crippen molar-refractivity contribution in [3.8, 4) is 0 Å². The van der Waals surface area contributed by atoms with Crippen molar-refractivity contribution in [2.75, 3.05) is 25.0 Å². The van der Waals surface area contributed by atoms with E-state index in [1.165, 1.54) is 11.5 Å². The van der Waals surface area contributed by atoms with Crippen LogP contribution in [0.1, 0.15) is 23.7 Å². The maximum Gasteiger partial charge on any atom is 0.256 e. The standard InChI is InChI=1S/C17H20N6OS/c1-11-4-6-23(17(24)12-7-21-25-9-12)8-14(11)22(2)16-13-3-5-18-15(13)19-10-20-16/h3,5,7,9-11,14H,4,6,8H2,1-2H3,(H,18,19,20). The zero-order chi connectivity index (χ0) is 17.4. The predicted octanol–water partition coefficient (Wildman–Crippen LogP) is 2.40. The van der Waals surface area contributed by atoms with Gasteiger partial charge in [0, 0.05) is 31.7 Å². The van der Waals surface area contributed by atoms with E-state index in [4.69, 9.17) is 0 Å². The van der Waals surface area contributed by atoms with Crippen LogP contribution in [0.15, 0.2) is 30.2 Å². The van der Waals surface area contributed by atoms with Gasteiger partial charge in [-0.25, -0.2) is 14.3 Å². The number of hydrogen-bond donors (Lipinski definition) is 1. The molecule has 0 aromatic carbocycles. The van der Waals surface area contributed by atoms with E-state index in [9.17, 15) is 4.79 Å². The number of likely N-dealkylation sites (tertiary alicyclic amines) is 1. The summed E-state index contributed by atoms with van der Waals surface area (Å²) in [6, 6.07) is 2.20. The number of anilines is 1. The molecule has 4 rings (SSSR count). The van der Waals surface area contributed by atoms with Crippen LogP contribution in [0.3, 0.4) is 0 Å². The number of nitrogens with zero attached hydrogens (tertiary/aromatic N) is 5. The summed E-state index contributed by atoms with van der Waals surface area (Å²) in [5, 5.41) is 2.81. The minimum atomic E-state index is 0.0635. The Kier molecular flexibility index (Phi) is 4.12. The van der Waals surface area contributed by atoms with Crippen LogP contribution in [0.5, 0.6) is 0 Å². The second-order valence-corrected chi connectivity index (χ2v) is 7.20. The van der Waals surface area contributed by atoms with Gasteiger partial charge in [-0.15, -0.1) is 0 Å². The fourth-order valence-corrected chi connectivity index (χ4v) is 4.04. The number of aromatic amines is 1. The summed E-state index contributed by atoms with van der Waals surface area (Å²) < 4.78 is 4.05. The molecule has 1 amide bonds. The van der Waals surface area contributed by atoms with Crippen LogP contribution in [-0.2, 0) is 0 Å². The van der Waals surface area contributed by atoms with E-state index >= 15 is 0 Å².